The Balaban J connectivity index is 2.58. The number of unbranched alkanes of at least 4 members (excludes halogenated alkanes) is 1. The van der Waals surface area contributed by atoms with Crippen LogP contribution in [0.15, 0.2) is 60.7 Å². The van der Waals surface area contributed by atoms with Crippen LogP contribution < -0.4 is 9.47 Å². The maximum absolute atomic E-state index is 12.2. The number of carbonyl (C=O) groups is 2. The first-order valence-electron chi connectivity index (χ1n) is 12.0. The van der Waals surface area contributed by atoms with Crippen LogP contribution in [0.2, 0.25) is 0 Å². The average Bonchev–Trinajstić information content (AvgIpc) is 2.89. The second kappa shape index (κ2) is 14.7. The molecular weight excluding hydrogens is 460 g/mol. The van der Waals surface area contributed by atoms with Crippen molar-refractivity contribution in [1.82, 2.24) is 0 Å². The topological polar surface area (TPSA) is 91.3 Å². The molecule has 0 spiro atoms. The van der Waals surface area contributed by atoms with E-state index in [1.54, 1.807) is 31.4 Å². The van der Waals surface area contributed by atoms with E-state index in [0.29, 0.717) is 34.6 Å². The predicted octanol–water partition coefficient (Wildman–Crippen LogP) is 5.68. The van der Waals surface area contributed by atoms with E-state index in [1.807, 2.05) is 24.3 Å². The highest BCUT2D eigenvalue weighted by atomic mass is 16.5. The minimum Gasteiger partial charge on any atom is -0.496 e. The molecule has 1 atom stereocenters. The fourth-order valence-corrected chi connectivity index (χ4v) is 3.83. The number of aliphatic hydroxyl groups is 1. The fraction of sp³-hybridized carbons (Fsp3) is 0.379. The molecule has 0 aromatic heterocycles. The smallest absolute Gasteiger partial charge is 0.337 e. The maximum atomic E-state index is 12.2. The molecule has 0 unspecified atom stereocenters. The van der Waals surface area contributed by atoms with E-state index >= 15 is 0 Å². The van der Waals surface area contributed by atoms with E-state index in [1.165, 1.54) is 14.0 Å². The molecule has 0 saturated heterocycles. The SMILES string of the molecule is C=C(CCCC)/C(=C/C[C@@H](OC(C)=O)c1ccccc1OCCO)c1cc(C(=O)OC)ccc1OC. The summed E-state index contributed by atoms with van der Waals surface area (Å²) in [6, 6.07) is 12.4. The number of hydrogen-bond acceptors (Lipinski definition) is 7. The molecule has 36 heavy (non-hydrogen) atoms. The number of ether oxygens (including phenoxy) is 4. The summed E-state index contributed by atoms with van der Waals surface area (Å²) >= 11 is 0. The van der Waals surface area contributed by atoms with Gasteiger partial charge in [0.2, 0.25) is 0 Å². The van der Waals surface area contributed by atoms with Crippen LogP contribution in [-0.2, 0) is 14.3 Å². The quantitative estimate of drug-likeness (QED) is 0.266. The lowest BCUT2D eigenvalue weighted by molar-refractivity contribution is -0.146. The van der Waals surface area contributed by atoms with Gasteiger partial charge in [-0.15, -0.1) is 0 Å². The van der Waals surface area contributed by atoms with Crippen LogP contribution in [0.4, 0.5) is 0 Å². The molecule has 2 aromatic carbocycles. The van der Waals surface area contributed by atoms with Gasteiger partial charge >= 0.3 is 11.9 Å². The van der Waals surface area contributed by atoms with E-state index in [4.69, 9.17) is 18.9 Å². The first-order chi connectivity index (χ1) is 17.4. The normalized spacial score (nSPS) is 12.0. The average molecular weight is 497 g/mol. The Hall–Kier alpha value is -3.58. The first-order valence-corrected chi connectivity index (χ1v) is 12.0. The minimum absolute atomic E-state index is 0.121. The summed E-state index contributed by atoms with van der Waals surface area (Å²) in [5.74, 6) is 0.234. The van der Waals surface area contributed by atoms with Crippen molar-refractivity contribution in [3.05, 3.63) is 77.4 Å². The van der Waals surface area contributed by atoms with Crippen LogP contribution >= 0.6 is 0 Å². The van der Waals surface area contributed by atoms with Crippen LogP contribution in [-0.4, -0.2) is 44.5 Å². The van der Waals surface area contributed by atoms with Crippen LogP contribution in [0.3, 0.4) is 0 Å². The number of allylic oxidation sites excluding steroid dienone is 2. The van der Waals surface area contributed by atoms with Gasteiger partial charge in [-0.1, -0.05) is 44.2 Å². The fourth-order valence-electron chi connectivity index (χ4n) is 3.83. The maximum Gasteiger partial charge on any atom is 0.337 e. The van der Waals surface area contributed by atoms with Gasteiger partial charge in [0.1, 0.15) is 24.2 Å². The van der Waals surface area contributed by atoms with Gasteiger partial charge in [0.05, 0.1) is 26.4 Å². The van der Waals surface area contributed by atoms with Gasteiger partial charge in [-0.25, -0.2) is 4.79 Å². The molecular formula is C29H36O7. The van der Waals surface area contributed by atoms with Crippen LogP contribution in [0.25, 0.3) is 5.57 Å². The van der Waals surface area contributed by atoms with Crippen LogP contribution in [0, 0.1) is 0 Å². The summed E-state index contributed by atoms with van der Waals surface area (Å²) in [6.07, 6.45) is 4.33. The largest absolute Gasteiger partial charge is 0.496 e. The number of rotatable bonds is 14. The Morgan fingerprint density at radius 2 is 1.86 bits per heavy atom. The van der Waals surface area contributed by atoms with Crippen molar-refractivity contribution in [3.63, 3.8) is 0 Å². The molecule has 0 aliphatic rings. The predicted molar refractivity (Wildman–Crippen MR) is 139 cm³/mol. The Kier molecular flexibility index (Phi) is 11.7. The summed E-state index contributed by atoms with van der Waals surface area (Å²) in [5.41, 5.74) is 3.46. The highest BCUT2D eigenvalue weighted by Crippen LogP contribution is 2.37. The van der Waals surface area contributed by atoms with E-state index in [0.717, 1.165) is 30.4 Å². The Labute approximate surface area is 213 Å². The number of aliphatic hydroxyl groups excluding tert-OH is 1. The first kappa shape index (κ1) is 28.7. The molecule has 0 aliphatic carbocycles. The van der Waals surface area contributed by atoms with Gasteiger partial charge in [-0.2, -0.15) is 0 Å². The zero-order chi connectivity index (χ0) is 26.5. The lowest BCUT2D eigenvalue weighted by atomic mass is 9.91. The van der Waals surface area contributed by atoms with Gasteiger partial charge in [-0.05, 0) is 48.3 Å². The van der Waals surface area contributed by atoms with E-state index in [2.05, 4.69) is 13.5 Å². The molecule has 194 valence electrons. The van der Waals surface area contributed by atoms with Crippen molar-refractivity contribution >= 4 is 17.5 Å². The molecule has 0 heterocycles. The third-order valence-corrected chi connectivity index (χ3v) is 5.58. The second-order valence-corrected chi connectivity index (χ2v) is 8.18. The molecule has 2 rings (SSSR count). The molecule has 0 fully saturated rings. The molecule has 1 N–H and O–H groups in total. The summed E-state index contributed by atoms with van der Waals surface area (Å²) in [6.45, 7) is 7.76. The molecule has 7 nitrogen and oxygen atoms in total. The number of carbonyl (C=O) groups excluding carboxylic acids is 2. The number of benzene rings is 2. The summed E-state index contributed by atoms with van der Waals surface area (Å²) in [5, 5.41) is 9.19. The Bertz CT molecular complexity index is 1070. The molecule has 7 heteroatoms. The number of esters is 2. The molecule has 0 amide bonds. The zero-order valence-corrected chi connectivity index (χ0v) is 21.5. The molecule has 0 aliphatic heterocycles. The monoisotopic (exact) mass is 496 g/mol. The van der Waals surface area contributed by atoms with Crippen molar-refractivity contribution < 1.29 is 33.6 Å². The highest BCUT2D eigenvalue weighted by molar-refractivity contribution is 5.92. The van der Waals surface area contributed by atoms with E-state index in [9.17, 15) is 14.7 Å². The minimum atomic E-state index is -0.638. The molecule has 0 radical (unpaired) electrons. The van der Waals surface area contributed by atoms with Gasteiger partial charge in [-0.3, -0.25) is 4.79 Å². The Morgan fingerprint density at radius 3 is 2.50 bits per heavy atom. The van der Waals surface area contributed by atoms with E-state index < -0.39 is 18.0 Å². The van der Waals surface area contributed by atoms with Crippen LogP contribution in [0.1, 0.15) is 67.1 Å². The number of methoxy groups -OCH3 is 2. The molecule has 0 saturated carbocycles. The second-order valence-electron chi connectivity index (χ2n) is 8.18. The van der Waals surface area contributed by atoms with Gasteiger partial charge < -0.3 is 24.1 Å². The third-order valence-electron chi connectivity index (χ3n) is 5.58. The van der Waals surface area contributed by atoms with Crippen molar-refractivity contribution in [3.8, 4) is 11.5 Å². The van der Waals surface area contributed by atoms with Crippen molar-refractivity contribution in [2.24, 2.45) is 0 Å². The zero-order valence-electron chi connectivity index (χ0n) is 21.5. The van der Waals surface area contributed by atoms with Crippen LogP contribution in [0.5, 0.6) is 11.5 Å². The van der Waals surface area contributed by atoms with Crippen molar-refractivity contribution in [1.29, 1.82) is 0 Å². The van der Waals surface area contributed by atoms with E-state index in [-0.39, 0.29) is 13.2 Å². The van der Waals surface area contributed by atoms with Gasteiger partial charge in [0.25, 0.3) is 0 Å². The lowest BCUT2D eigenvalue weighted by Gasteiger charge is -2.21. The standard InChI is InChI=1S/C29H36O7/c1-6-7-10-20(2)23(25-19-22(29(32)34-5)13-15-26(25)33-4)14-16-28(36-21(3)31)24-11-8-9-12-27(24)35-18-17-30/h8-9,11-15,19,28,30H,2,6-7,10,16-18H2,1,3-5H3/b23-14-/t28-/m1/s1. The summed E-state index contributed by atoms with van der Waals surface area (Å²) < 4.78 is 21.9. The highest BCUT2D eigenvalue weighted by Gasteiger charge is 2.21. The Morgan fingerprint density at radius 1 is 1.11 bits per heavy atom. The van der Waals surface area contributed by atoms with Gasteiger partial charge in [0, 0.05) is 24.5 Å². The lowest BCUT2D eigenvalue weighted by Crippen LogP contribution is -2.11. The summed E-state index contributed by atoms with van der Waals surface area (Å²) in [4.78, 5) is 24.2. The number of para-hydroxylation sites is 1. The number of hydrogen-bond donors (Lipinski definition) is 1. The van der Waals surface area contributed by atoms with Gasteiger partial charge in [0.15, 0.2) is 0 Å². The molecule has 0 bridgehead atoms. The molecule has 2 aromatic rings. The third kappa shape index (κ3) is 7.99. The van der Waals surface area contributed by atoms with Crippen molar-refractivity contribution in [2.75, 3.05) is 27.4 Å². The summed E-state index contributed by atoms with van der Waals surface area (Å²) in [7, 11) is 2.91. The van der Waals surface area contributed by atoms with Crippen molar-refractivity contribution in [2.45, 2.75) is 45.6 Å².